The minimum absolute atomic E-state index is 0.0296. The van der Waals surface area contributed by atoms with E-state index in [0.29, 0.717) is 38.9 Å². The van der Waals surface area contributed by atoms with Gasteiger partial charge in [-0.2, -0.15) is 4.31 Å². The van der Waals surface area contributed by atoms with E-state index in [-0.39, 0.29) is 36.2 Å². The molecule has 0 atom stereocenters. The molecule has 0 spiro atoms. The van der Waals surface area contributed by atoms with Gasteiger partial charge in [0.15, 0.2) is 5.75 Å². The third-order valence-corrected chi connectivity index (χ3v) is 9.53. The number of methoxy groups -OCH3 is 1. The lowest BCUT2D eigenvalue weighted by atomic mass is 9.97. The predicted octanol–water partition coefficient (Wildman–Crippen LogP) is 5.34. The van der Waals surface area contributed by atoms with Crippen molar-refractivity contribution in [3.8, 4) is 16.9 Å². The lowest BCUT2D eigenvalue weighted by Gasteiger charge is -2.18. The van der Waals surface area contributed by atoms with E-state index < -0.39 is 27.2 Å². The number of hydrogen-bond acceptors (Lipinski definition) is 6. The van der Waals surface area contributed by atoms with Gasteiger partial charge >= 0.3 is 5.97 Å². The molecule has 0 saturated heterocycles. The Kier molecular flexibility index (Phi) is 6.70. The topological polar surface area (TPSA) is 94.9 Å². The number of pyridine rings is 1. The molecule has 0 amide bonds. The number of esters is 1. The van der Waals surface area contributed by atoms with Crippen LogP contribution in [0.5, 0.6) is 5.75 Å². The third-order valence-electron chi connectivity index (χ3n) is 7.73. The number of hydrogen-bond donors (Lipinski definition) is 0. The van der Waals surface area contributed by atoms with E-state index in [0.717, 1.165) is 18.4 Å². The summed E-state index contributed by atoms with van der Waals surface area (Å²) in [6.07, 6.45) is 3.29. The highest BCUT2D eigenvalue weighted by Gasteiger charge is 2.34. The van der Waals surface area contributed by atoms with Crippen molar-refractivity contribution in [2.24, 2.45) is 0 Å². The van der Waals surface area contributed by atoms with Crippen molar-refractivity contribution >= 4 is 26.9 Å². The Balaban J connectivity index is 1.45. The van der Waals surface area contributed by atoms with Crippen molar-refractivity contribution in [2.45, 2.75) is 50.7 Å². The maximum absolute atomic E-state index is 15.5. The molecule has 1 aliphatic carbocycles. The minimum Gasteiger partial charge on any atom is -0.494 e. The Hall–Kier alpha value is -4.02. The zero-order valence-corrected chi connectivity index (χ0v) is 23.8. The molecule has 10 heteroatoms. The molecule has 2 aliphatic rings. The number of carbonyl (C=O) groups excluding carboxylic acids is 1. The van der Waals surface area contributed by atoms with Gasteiger partial charge in [0, 0.05) is 36.5 Å². The monoisotopic (exact) mass is 576 g/mol. The molecule has 0 N–H and O–H groups in total. The first-order valence-corrected chi connectivity index (χ1v) is 14.9. The molecule has 1 aromatic heterocycles. The Labute approximate surface area is 237 Å². The van der Waals surface area contributed by atoms with Crippen LogP contribution in [0.15, 0.2) is 64.4 Å². The highest BCUT2D eigenvalue weighted by atomic mass is 32.2. The third kappa shape index (κ3) is 4.61. The lowest BCUT2D eigenvalue weighted by molar-refractivity contribution is 0.0524. The zero-order chi connectivity index (χ0) is 29.1. The van der Waals surface area contributed by atoms with Gasteiger partial charge in [-0.05, 0) is 74.2 Å². The summed E-state index contributed by atoms with van der Waals surface area (Å²) >= 11 is 0. The summed E-state index contributed by atoms with van der Waals surface area (Å²) in [5, 5.41) is 0.306. The average Bonchev–Trinajstić information content (AvgIpc) is 3.70. The van der Waals surface area contributed by atoms with Crippen LogP contribution in [0, 0.1) is 12.7 Å². The fourth-order valence-corrected chi connectivity index (χ4v) is 6.85. The van der Waals surface area contributed by atoms with Crippen LogP contribution in [0.25, 0.3) is 22.0 Å². The number of aromatic nitrogens is 1. The van der Waals surface area contributed by atoms with Gasteiger partial charge < -0.3 is 14.0 Å². The molecule has 3 aromatic carbocycles. The minimum atomic E-state index is -3.82. The van der Waals surface area contributed by atoms with Gasteiger partial charge in [-0.25, -0.2) is 17.6 Å². The first kappa shape index (κ1) is 27.2. The fourth-order valence-electron chi connectivity index (χ4n) is 5.47. The number of ether oxygens (including phenoxy) is 2. The van der Waals surface area contributed by atoms with Gasteiger partial charge in [-0.15, -0.1) is 0 Å². The van der Waals surface area contributed by atoms with E-state index in [1.165, 1.54) is 23.7 Å². The van der Waals surface area contributed by atoms with E-state index >= 15 is 4.39 Å². The summed E-state index contributed by atoms with van der Waals surface area (Å²) in [5.74, 6) is -0.815. The summed E-state index contributed by atoms with van der Waals surface area (Å²) in [4.78, 5) is 26.0. The molecule has 1 saturated carbocycles. The highest BCUT2D eigenvalue weighted by molar-refractivity contribution is 7.89. The van der Waals surface area contributed by atoms with E-state index in [4.69, 9.17) is 9.47 Å². The van der Waals surface area contributed by atoms with Crippen LogP contribution >= 0.6 is 0 Å². The van der Waals surface area contributed by atoms with Crippen LogP contribution < -0.4 is 10.2 Å². The number of rotatable bonds is 7. The van der Waals surface area contributed by atoms with Gasteiger partial charge in [0.05, 0.1) is 29.5 Å². The molecule has 2 heterocycles. The largest absolute Gasteiger partial charge is 0.494 e. The molecule has 6 rings (SSSR count). The quantitative estimate of drug-likeness (QED) is 0.276. The molecule has 212 valence electrons. The maximum atomic E-state index is 15.5. The number of carbonyl (C=O) groups is 1. The van der Waals surface area contributed by atoms with Gasteiger partial charge in [-0.3, -0.25) is 4.79 Å². The SMILES string of the molecule is CCOC(=O)c1cn(C2CC2)c2c(OC)c(-c3cc(F)c4c(c3)CN(S(=O)(=O)c3ccc(C)cc3)C4)ccc2c1=O. The van der Waals surface area contributed by atoms with E-state index in [1.54, 1.807) is 49.4 Å². The van der Waals surface area contributed by atoms with Crippen LogP contribution in [0.3, 0.4) is 0 Å². The molecule has 0 unspecified atom stereocenters. The van der Waals surface area contributed by atoms with Crippen molar-refractivity contribution in [2.75, 3.05) is 13.7 Å². The van der Waals surface area contributed by atoms with Crippen molar-refractivity contribution in [3.63, 3.8) is 0 Å². The van der Waals surface area contributed by atoms with Gasteiger partial charge in [-0.1, -0.05) is 17.7 Å². The van der Waals surface area contributed by atoms with E-state index in [2.05, 4.69) is 0 Å². The molecule has 41 heavy (non-hydrogen) atoms. The Morgan fingerprint density at radius 2 is 1.80 bits per heavy atom. The summed E-state index contributed by atoms with van der Waals surface area (Å²) in [6, 6.07) is 13.1. The molecule has 0 radical (unpaired) electrons. The smallest absolute Gasteiger partial charge is 0.343 e. The summed E-state index contributed by atoms with van der Waals surface area (Å²) in [6.45, 7) is 3.67. The second kappa shape index (κ2) is 10.1. The second-order valence-corrected chi connectivity index (χ2v) is 12.4. The van der Waals surface area contributed by atoms with Crippen LogP contribution in [0.4, 0.5) is 4.39 Å². The second-order valence-electron chi connectivity index (χ2n) is 10.5. The Bertz CT molecular complexity index is 1880. The number of halogens is 1. The Morgan fingerprint density at radius 3 is 2.46 bits per heavy atom. The van der Waals surface area contributed by atoms with Gasteiger partial charge in [0.2, 0.25) is 15.5 Å². The van der Waals surface area contributed by atoms with Crippen LogP contribution in [-0.2, 0) is 27.8 Å². The standard InChI is InChI=1S/C31H29FN2O6S/c1-4-40-31(36)26-17-34(21-7-8-21)28-24(29(26)35)12-11-23(30(28)39-3)19-13-20-15-33(16-25(20)27(32)14-19)41(37,38)22-9-5-18(2)6-10-22/h5-6,9-14,17,21H,4,7-8,15-16H2,1-3H3. The number of sulfonamides is 1. The summed E-state index contributed by atoms with van der Waals surface area (Å²) in [7, 11) is -2.34. The van der Waals surface area contributed by atoms with Crippen molar-refractivity contribution in [3.05, 3.63) is 93.0 Å². The fraction of sp³-hybridized carbons (Fsp3) is 0.290. The molecule has 4 aromatic rings. The van der Waals surface area contributed by atoms with Crippen molar-refractivity contribution < 1.29 is 27.1 Å². The summed E-state index contributed by atoms with van der Waals surface area (Å²) < 4.78 is 56.2. The predicted molar refractivity (Wildman–Crippen MR) is 152 cm³/mol. The normalized spacial score (nSPS) is 15.2. The first-order valence-electron chi connectivity index (χ1n) is 13.5. The van der Waals surface area contributed by atoms with E-state index in [1.807, 2.05) is 11.5 Å². The number of nitrogens with zero attached hydrogens (tertiary/aromatic N) is 2. The molecule has 1 fully saturated rings. The average molecular weight is 577 g/mol. The van der Waals surface area contributed by atoms with Crippen LogP contribution in [-0.4, -0.2) is 37.0 Å². The maximum Gasteiger partial charge on any atom is 0.343 e. The van der Waals surface area contributed by atoms with Gasteiger partial charge in [0.25, 0.3) is 0 Å². The van der Waals surface area contributed by atoms with Gasteiger partial charge in [0.1, 0.15) is 11.4 Å². The number of benzene rings is 3. The van der Waals surface area contributed by atoms with Crippen LogP contribution in [0.1, 0.15) is 52.9 Å². The molecular weight excluding hydrogens is 547 g/mol. The lowest BCUT2D eigenvalue weighted by Crippen LogP contribution is -2.25. The van der Waals surface area contributed by atoms with Crippen LogP contribution in [0.2, 0.25) is 0 Å². The van der Waals surface area contributed by atoms with E-state index in [9.17, 15) is 18.0 Å². The van der Waals surface area contributed by atoms with Crippen molar-refractivity contribution in [1.29, 1.82) is 0 Å². The number of aryl methyl sites for hydroxylation is 1. The highest BCUT2D eigenvalue weighted by Crippen LogP contribution is 2.43. The zero-order valence-electron chi connectivity index (χ0n) is 22.9. The summed E-state index contributed by atoms with van der Waals surface area (Å²) in [5.41, 5.74) is 2.91. The molecule has 8 nitrogen and oxygen atoms in total. The molecule has 0 bridgehead atoms. The van der Waals surface area contributed by atoms with Crippen molar-refractivity contribution in [1.82, 2.24) is 8.87 Å². The molecular formula is C31H29FN2O6S. The number of fused-ring (bicyclic) bond motifs is 2. The first-order chi connectivity index (χ1) is 19.6. The molecule has 1 aliphatic heterocycles. The Morgan fingerprint density at radius 1 is 1.07 bits per heavy atom.